The Morgan fingerprint density at radius 1 is 1.12 bits per heavy atom. The van der Waals surface area contributed by atoms with Crippen LogP contribution in [-0.4, -0.2) is 42.6 Å². The Kier molecular flexibility index (Phi) is 5.33. The average Bonchev–Trinajstić information content (AvgIpc) is 2.63. The Labute approximate surface area is 153 Å². The molecule has 26 heavy (non-hydrogen) atoms. The summed E-state index contributed by atoms with van der Waals surface area (Å²) in [5, 5.41) is 3.36. The molecule has 0 radical (unpaired) electrons. The number of nitrogens with zero attached hydrogens (tertiary/aromatic N) is 4. The smallest absolute Gasteiger partial charge is 0.353 e. The number of anilines is 2. The molecule has 0 N–H and O–H groups in total. The molecule has 0 aliphatic carbocycles. The highest BCUT2D eigenvalue weighted by molar-refractivity contribution is 6.33. The minimum Gasteiger partial charge on any atom is -0.353 e. The maximum Gasteiger partial charge on any atom is 0.417 e. The number of rotatable bonds is 4. The van der Waals surface area contributed by atoms with Crippen LogP contribution in [0.4, 0.5) is 24.7 Å². The first-order chi connectivity index (χ1) is 12.4. The lowest BCUT2D eigenvalue weighted by molar-refractivity contribution is -0.137. The number of aromatic nitrogens is 1. The van der Waals surface area contributed by atoms with Gasteiger partial charge in [0, 0.05) is 32.4 Å². The third-order valence-corrected chi connectivity index (χ3v) is 4.41. The van der Waals surface area contributed by atoms with E-state index in [0.717, 1.165) is 24.4 Å². The van der Waals surface area contributed by atoms with Gasteiger partial charge in [0.2, 0.25) is 6.41 Å². The Morgan fingerprint density at radius 3 is 2.31 bits per heavy atom. The van der Waals surface area contributed by atoms with E-state index in [4.69, 9.17) is 11.6 Å². The lowest BCUT2D eigenvalue weighted by Gasteiger charge is -2.39. The molecule has 2 heterocycles. The second-order valence-electron chi connectivity index (χ2n) is 5.75. The van der Waals surface area contributed by atoms with E-state index in [1.54, 1.807) is 0 Å². The molecule has 9 heteroatoms. The number of alkyl halides is 3. The van der Waals surface area contributed by atoms with Crippen molar-refractivity contribution in [3.63, 3.8) is 0 Å². The molecule has 5 nitrogen and oxygen atoms in total. The normalized spacial score (nSPS) is 15.8. The van der Waals surface area contributed by atoms with Gasteiger partial charge < -0.3 is 4.90 Å². The van der Waals surface area contributed by atoms with Crippen LogP contribution in [0.15, 0.2) is 42.6 Å². The van der Waals surface area contributed by atoms with E-state index in [1.807, 2.05) is 40.2 Å². The number of halogens is 4. The van der Waals surface area contributed by atoms with E-state index in [9.17, 15) is 18.0 Å². The number of para-hydroxylation sites is 1. The van der Waals surface area contributed by atoms with Gasteiger partial charge in [-0.2, -0.15) is 13.2 Å². The number of piperazine rings is 1. The molecule has 1 aromatic carbocycles. The van der Waals surface area contributed by atoms with Gasteiger partial charge in [-0.15, -0.1) is 0 Å². The van der Waals surface area contributed by atoms with Crippen molar-refractivity contribution in [2.45, 2.75) is 6.18 Å². The van der Waals surface area contributed by atoms with Crippen molar-refractivity contribution in [3.05, 3.63) is 53.2 Å². The number of hydrazine groups is 1. The summed E-state index contributed by atoms with van der Waals surface area (Å²) in [4.78, 5) is 17.2. The van der Waals surface area contributed by atoms with Crippen LogP contribution in [0.1, 0.15) is 5.56 Å². The van der Waals surface area contributed by atoms with E-state index in [1.165, 1.54) is 5.01 Å². The number of hydrogen-bond acceptors (Lipinski definition) is 4. The largest absolute Gasteiger partial charge is 0.417 e. The van der Waals surface area contributed by atoms with E-state index >= 15 is 0 Å². The second kappa shape index (κ2) is 7.51. The molecule has 0 atom stereocenters. The summed E-state index contributed by atoms with van der Waals surface area (Å²) in [5.74, 6) is 0.316. The minimum absolute atomic E-state index is 0.0384. The number of pyridine rings is 1. The van der Waals surface area contributed by atoms with Gasteiger partial charge in [0.25, 0.3) is 0 Å². The molecular weight excluding hydrogens is 369 g/mol. The summed E-state index contributed by atoms with van der Waals surface area (Å²) >= 11 is 6.01. The monoisotopic (exact) mass is 384 g/mol. The van der Waals surface area contributed by atoms with Gasteiger partial charge in [-0.3, -0.25) is 4.79 Å². The lowest BCUT2D eigenvalue weighted by Crippen LogP contribution is -2.54. The van der Waals surface area contributed by atoms with Gasteiger partial charge in [-0.05, 0) is 18.2 Å². The van der Waals surface area contributed by atoms with E-state index in [-0.39, 0.29) is 5.02 Å². The average molecular weight is 385 g/mol. The van der Waals surface area contributed by atoms with Crippen LogP contribution < -0.4 is 9.91 Å². The van der Waals surface area contributed by atoms with E-state index < -0.39 is 11.7 Å². The molecule has 1 amide bonds. The van der Waals surface area contributed by atoms with Crippen molar-refractivity contribution >= 4 is 29.5 Å². The highest BCUT2D eigenvalue weighted by Crippen LogP contribution is 2.33. The Bertz CT molecular complexity index is 764. The quantitative estimate of drug-likeness (QED) is 0.757. The maximum absolute atomic E-state index is 12.7. The molecule has 2 aromatic rings. The number of amides is 1. The third-order valence-electron chi connectivity index (χ3n) is 4.13. The maximum atomic E-state index is 12.7. The van der Waals surface area contributed by atoms with E-state index in [2.05, 4.69) is 4.98 Å². The summed E-state index contributed by atoms with van der Waals surface area (Å²) in [6.45, 7) is 1.98. The minimum atomic E-state index is -4.48. The fourth-order valence-electron chi connectivity index (χ4n) is 2.81. The van der Waals surface area contributed by atoms with Gasteiger partial charge in [0.15, 0.2) is 0 Å². The SMILES string of the molecule is O=CN(c1ccccc1)N1CCN(c2ncc(C(F)(F)F)cc2Cl)CC1. The molecule has 3 rings (SSSR count). The molecule has 1 aliphatic heterocycles. The highest BCUT2D eigenvalue weighted by Gasteiger charge is 2.32. The molecule has 0 unspecified atom stereocenters. The standard InChI is InChI=1S/C17H16ClF3N4O/c18-15-10-13(17(19,20)21)11-22-16(15)23-6-8-24(9-7-23)25(12-26)14-4-2-1-3-5-14/h1-5,10-12H,6-9H2. The van der Waals surface area contributed by atoms with Crippen LogP contribution in [-0.2, 0) is 11.0 Å². The van der Waals surface area contributed by atoms with Gasteiger partial charge in [-0.1, -0.05) is 29.8 Å². The second-order valence-corrected chi connectivity index (χ2v) is 6.16. The molecular formula is C17H16ClF3N4O. The molecule has 1 fully saturated rings. The van der Waals surface area contributed by atoms with Crippen LogP contribution in [0.25, 0.3) is 0 Å². The van der Waals surface area contributed by atoms with Crippen LogP contribution in [0.3, 0.4) is 0 Å². The predicted molar refractivity (Wildman–Crippen MR) is 93.0 cm³/mol. The number of carbonyl (C=O) groups is 1. The molecule has 0 spiro atoms. The van der Waals surface area contributed by atoms with Crippen LogP contribution in [0.2, 0.25) is 5.02 Å². The van der Waals surface area contributed by atoms with Crippen LogP contribution in [0.5, 0.6) is 0 Å². The van der Waals surface area contributed by atoms with E-state index in [0.29, 0.717) is 32.0 Å². The number of benzene rings is 1. The first-order valence-corrected chi connectivity index (χ1v) is 8.30. The predicted octanol–water partition coefficient (Wildman–Crippen LogP) is 3.45. The molecule has 1 saturated heterocycles. The zero-order valence-corrected chi connectivity index (χ0v) is 14.4. The number of hydrogen-bond donors (Lipinski definition) is 0. The first-order valence-electron chi connectivity index (χ1n) is 7.92. The van der Waals surface area contributed by atoms with Crippen molar-refractivity contribution < 1.29 is 18.0 Å². The summed E-state index contributed by atoms with van der Waals surface area (Å²) in [6, 6.07) is 10.1. The van der Waals surface area contributed by atoms with Crippen molar-refractivity contribution in [2.24, 2.45) is 0 Å². The summed E-state index contributed by atoms with van der Waals surface area (Å²) in [6.07, 6.45) is -2.95. The Morgan fingerprint density at radius 2 is 1.77 bits per heavy atom. The number of carbonyl (C=O) groups excluding carboxylic acids is 1. The zero-order valence-electron chi connectivity index (χ0n) is 13.7. The molecule has 0 saturated carbocycles. The summed E-state index contributed by atoms with van der Waals surface area (Å²) in [5.41, 5.74) is -0.122. The van der Waals surface area contributed by atoms with Crippen LogP contribution in [0, 0.1) is 0 Å². The fourth-order valence-corrected chi connectivity index (χ4v) is 3.10. The zero-order chi connectivity index (χ0) is 18.7. The summed E-state index contributed by atoms with van der Waals surface area (Å²) < 4.78 is 38.2. The van der Waals surface area contributed by atoms with Gasteiger partial charge in [0.05, 0.1) is 16.3 Å². The topological polar surface area (TPSA) is 39.7 Å². The summed E-state index contributed by atoms with van der Waals surface area (Å²) in [7, 11) is 0. The highest BCUT2D eigenvalue weighted by atomic mass is 35.5. The molecule has 1 aromatic heterocycles. The molecule has 0 bridgehead atoms. The van der Waals surface area contributed by atoms with Crippen LogP contribution >= 0.6 is 11.6 Å². The van der Waals surface area contributed by atoms with Crippen molar-refractivity contribution in [1.29, 1.82) is 0 Å². The van der Waals surface area contributed by atoms with Gasteiger partial charge >= 0.3 is 6.18 Å². The first kappa shape index (κ1) is 18.5. The van der Waals surface area contributed by atoms with Gasteiger partial charge in [-0.25, -0.2) is 15.0 Å². The van der Waals surface area contributed by atoms with Crippen molar-refractivity contribution in [1.82, 2.24) is 9.99 Å². The Balaban J connectivity index is 1.70. The lowest BCUT2D eigenvalue weighted by atomic mass is 10.2. The fraction of sp³-hybridized carbons (Fsp3) is 0.294. The molecule has 138 valence electrons. The van der Waals surface area contributed by atoms with Crippen molar-refractivity contribution in [3.8, 4) is 0 Å². The van der Waals surface area contributed by atoms with Crippen molar-refractivity contribution in [2.75, 3.05) is 36.1 Å². The third kappa shape index (κ3) is 3.91. The Hall–Kier alpha value is -2.32. The molecule has 1 aliphatic rings. The van der Waals surface area contributed by atoms with Gasteiger partial charge in [0.1, 0.15) is 5.82 Å².